The van der Waals surface area contributed by atoms with Crippen molar-refractivity contribution in [2.45, 2.75) is 6.54 Å². The van der Waals surface area contributed by atoms with Crippen LogP contribution in [0.1, 0.15) is 0 Å². The highest BCUT2D eigenvalue weighted by molar-refractivity contribution is 5.92. The van der Waals surface area contributed by atoms with Gasteiger partial charge in [0.1, 0.15) is 18.0 Å². The molecule has 0 aliphatic rings. The van der Waals surface area contributed by atoms with Crippen LogP contribution in [0.25, 0.3) is 22.5 Å². The van der Waals surface area contributed by atoms with E-state index in [1.807, 2.05) is 65.2 Å². The lowest BCUT2D eigenvalue weighted by Gasteiger charge is -2.13. The molecule has 0 aliphatic heterocycles. The van der Waals surface area contributed by atoms with E-state index in [2.05, 4.69) is 4.99 Å². The number of aromatic nitrogens is 1. The van der Waals surface area contributed by atoms with Crippen LogP contribution in [0, 0.1) is 0 Å². The molecule has 2 aromatic carbocycles. The van der Waals surface area contributed by atoms with Gasteiger partial charge in [-0.1, -0.05) is 12.1 Å². The Balaban J connectivity index is 2.10. The first kappa shape index (κ1) is 19.0. The highest BCUT2D eigenvalue weighted by Gasteiger charge is 2.15. The molecule has 3 aromatic rings. The number of ether oxygens (including phenoxy) is 2. The second kappa shape index (κ2) is 8.30. The molecule has 7 heteroatoms. The van der Waals surface area contributed by atoms with E-state index in [0.717, 1.165) is 34.0 Å². The second-order valence-electron chi connectivity index (χ2n) is 6.08. The van der Waals surface area contributed by atoms with E-state index in [-0.39, 0.29) is 12.5 Å². The van der Waals surface area contributed by atoms with Crippen molar-refractivity contribution in [2.75, 3.05) is 14.2 Å². The van der Waals surface area contributed by atoms with Crippen molar-refractivity contribution in [1.82, 2.24) is 4.57 Å². The maximum absolute atomic E-state index is 12.3. The van der Waals surface area contributed by atoms with Crippen LogP contribution in [0.15, 0.2) is 65.7 Å². The van der Waals surface area contributed by atoms with Gasteiger partial charge in [0.05, 0.1) is 14.2 Å². The molecule has 0 unspecified atom stereocenters. The molecule has 0 bridgehead atoms. The van der Waals surface area contributed by atoms with Gasteiger partial charge in [-0.05, 0) is 54.1 Å². The van der Waals surface area contributed by atoms with Crippen LogP contribution >= 0.6 is 0 Å². The normalized spacial score (nSPS) is 10.4. The minimum atomic E-state index is -0.435. The largest absolute Gasteiger partial charge is 0.497 e. The standard InChI is InChI=1S/C21H22N4O3/c1-27-16-8-6-14(7-9-16)18-10-11-19(15-4-3-5-17(12-15)28-2)25(18)13-20(26)24-21(22)23/h3-12H,13H2,1-2H3,(H4,22,23,24,26). The maximum atomic E-state index is 12.3. The number of methoxy groups -OCH3 is 2. The third kappa shape index (κ3) is 4.15. The van der Waals surface area contributed by atoms with Crippen molar-refractivity contribution in [3.05, 3.63) is 60.7 Å². The molecule has 28 heavy (non-hydrogen) atoms. The SMILES string of the molecule is COc1ccc(-c2ccc(-c3cccc(OC)c3)n2CC(=O)N=C(N)N)cc1. The third-order valence-corrected chi connectivity index (χ3v) is 4.28. The van der Waals surface area contributed by atoms with E-state index < -0.39 is 5.91 Å². The van der Waals surface area contributed by atoms with Gasteiger partial charge in [-0.3, -0.25) is 4.79 Å². The zero-order valence-corrected chi connectivity index (χ0v) is 15.8. The zero-order valence-electron chi connectivity index (χ0n) is 15.8. The van der Waals surface area contributed by atoms with E-state index in [1.54, 1.807) is 14.2 Å². The molecule has 0 radical (unpaired) electrons. The predicted octanol–water partition coefficient (Wildman–Crippen LogP) is 2.64. The van der Waals surface area contributed by atoms with Crippen LogP contribution in [0.4, 0.5) is 0 Å². The Morgan fingerprint density at radius 1 is 0.893 bits per heavy atom. The number of hydrogen-bond acceptors (Lipinski definition) is 3. The fourth-order valence-electron chi connectivity index (χ4n) is 3.00. The van der Waals surface area contributed by atoms with Gasteiger partial charge in [0, 0.05) is 17.0 Å². The molecule has 1 aromatic heterocycles. The molecule has 3 rings (SSSR count). The van der Waals surface area contributed by atoms with E-state index in [4.69, 9.17) is 20.9 Å². The van der Waals surface area contributed by atoms with Gasteiger partial charge < -0.3 is 25.5 Å². The lowest BCUT2D eigenvalue weighted by atomic mass is 10.1. The van der Waals surface area contributed by atoms with Crippen LogP contribution in [-0.2, 0) is 11.3 Å². The highest BCUT2D eigenvalue weighted by Crippen LogP contribution is 2.31. The summed E-state index contributed by atoms with van der Waals surface area (Å²) in [4.78, 5) is 15.9. The molecular formula is C21H22N4O3. The first-order valence-electron chi connectivity index (χ1n) is 8.62. The number of carbonyl (C=O) groups is 1. The summed E-state index contributed by atoms with van der Waals surface area (Å²) in [6.07, 6.45) is 0. The van der Waals surface area contributed by atoms with Gasteiger partial charge in [-0.2, -0.15) is 4.99 Å². The molecule has 0 spiro atoms. The average molecular weight is 378 g/mol. The monoisotopic (exact) mass is 378 g/mol. The van der Waals surface area contributed by atoms with Gasteiger partial charge >= 0.3 is 0 Å². The number of benzene rings is 2. The topological polar surface area (TPSA) is 105 Å². The predicted molar refractivity (Wildman–Crippen MR) is 109 cm³/mol. The highest BCUT2D eigenvalue weighted by atomic mass is 16.5. The molecule has 0 saturated carbocycles. The molecule has 0 atom stereocenters. The average Bonchev–Trinajstić information content (AvgIpc) is 3.10. The number of guanidine groups is 1. The van der Waals surface area contributed by atoms with Crippen molar-refractivity contribution in [3.63, 3.8) is 0 Å². The van der Waals surface area contributed by atoms with Crippen LogP contribution in [0.3, 0.4) is 0 Å². The minimum absolute atomic E-state index is 0.00118. The minimum Gasteiger partial charge on any atom is -0.497 e. The Bertz CT molecular complexity index is 1000. The summed E-state index contributed by atoms with van der Waals surface area (Å²) in [6.45, 7) is -0.00118. The summed E-state index contributed by atoms with van der Waals surface area (Å²) in [5.74, 6) is 0.791. The van der Waals surface area contributed by atoms with Gasteiger partial charge in [0.25, 0.3) is 5.91 Å². The molecule has 0 aliphatic carbocycles. The summed E-state index contributed by atoms with van der Waals surface area (Å²) in [5, 5.41) is 0. The lowest BCUT2D eigenvalue weighted by Crippen LogP contribution is -2.25. The zero-order chi connectivity index (χ0) is 20.1. The lowest BCUT2D eigenvalue weighted by molar-refractivity contribution is -0.118. The Labute approximate surface area is 163 Å². The Morgan fingerprint density at radius 2 is 1.54 bits per heavy atom. The van der Waals surface area contributed by atoms with Gasteiger partial charge in [-0.15, -0.1) is 0 Å². The molecule has 1 amide bonds. The smallest absolute Gasteiger partial charge is 0.268 e. The van der Waals surface area contributed by atoms with Crippen molar-refractivity contribution in [3.8, 4) is 34.0 Å². The van der Waals surface area contributed by atoms with Crippen LogP contribution in [0.2, 0.25) is 0 Å². The van der Waals surface area contributed by atoms with Gasteiger partial charge in [-0.25, -0.2) is 0 Å². The van der Waals surface area contributed by atoms with Gasteiger partial charge in [0.15, 0.2) is 5.96 Å². The Kier molecular flexibility index (Phi) is 5.64. The van der Waals surface area contributed by atoms with Crippen molar-refractivity contribution >= 4 is 11.9 Å². The number of aliphatic imine (C=N–C) groups is 1. The fraction of sp³-hybridized carbons (Fsp3) is 0.143. The van der Waals surface area contributed by atoms with E-state index in [9.17, 15) is 4.79 Å². The molecular weight excluding hydrogens is 356 g/mol. The summed E-state index contributed by atoms with van der Waals surface area (Å²) < 4.78 is 12.4. The summed E-state index contributed by atoms with van der Waals surface area (Å²) >= 11 is 0. The van der Waals surface area contributed by atoms with E-state index in [0.29, 0.717) is 0 Å². The third-order valence-electron chi connectivity index (χ3n) is 4.28. The first-order valence-corrected chi connectivity index (χ1v) is 8.62. The van der Waals surface area contributed by atoms with E-state index >= 15 is 0 Å². The van der Waals surface area contributed by atoms with E-state index in [1.165, 1.54) is 0 Å². The molecule has 144 valence electrons. The summed E-state index contributed by atoms with van der Waals surface area (Å²) in [7, 11) is 3.23. The van der Waals surface area contributed by atoms with Crippen molar-refractivity contribution < 1.29 is 14.3 Å². The van der Waals surface area contributed by atoms with Crippen LogP contribution in [0.5, 0.6) is 11.5 Å². The maximum Gasteiger partial charge on any atom is 0.268 e. The summed E-state index contributed by atoms with van der Waals surface area (Å²) in [5.41, 5.74) is 14.3. The molecule has 4 N–H and O–H groups in total. The van der Waals surface area contributed by atoms with Crippen molar-refractivity contribution in [2.24, 2.45) is 16.5 Å². The number of nitrogens with zero attached hydrogens (tertiary/aromatic N) is 2. The number of rotatable bonds is 6. The Morgan fingerprint density at radius 3 is 2.14 bits per heavy atom. The molecule has 0 fully saturated rings. The molecule has 0 saturated heterocycles. The number of amides is 1. The van der Waals surface area contributed by atoms with Crippen LogP contribution in [-0.4, -0.2) is 30.7 Å². The van der Waals surface area contributed by atoms with Crippen LogP contribution < -0.4 is 20.9 Å². The molecule has 1 heterocycles. The number of nitrogens with two attached hydrogens (primary N) is 2. The Hall–Kier alpha value is -3.74. The van der Waals surface area contributed by atoms with Gasteiger partial charge in [0.2, 0.25) is 0 Å². The first-order chi connectivity index (χ1) is 13.5. The second-order valence-corrected chi connectivity index (χ2v) is 6.08. The number of hydrogen-bond donors (Lipinski definition) is 2. The quantitative estimate of drug-likeness (QED) is 0.507. The number of carbonyl (C=O) groups excluding carboxylic acids is 1. The molecule has 7 nitrogen and oxygen atoms in total. The van der Waals surface area contributed by atoms with Crippen molar-refractivity contribution in [1.29, 1.82) is 0 Å². The fourth-order valence-corrected chi connectivity index (χ4v) is 3.00. The summed E-state index contributed by atoms with van der Waals surface area (Å²) in [6, 6.07) is 19.2.